The first-order chi connectivity index (χ1) is 11.6. The molecular formula is C18H24N6. The molecule has 3 atom stereocenters. The molecule has 2 fully saturated rings. The predicted octanol–water partition coefficient (Wildman–Crippen LogP) is 2.41. The van der Waals surface area contributed by atoms with Crippen LogP contribution < -0.4 is 4.90 Å². The molecule has 1 aliphatic heterocycles. The highest BCUT2D eigenvalue weighted by Gasteiger charge is 2.50. The van der Waals surface area contributed by atoms with Crippen molar-refractivity contribution >= 4 is 16.9 Å². The topological polar surface area (TPSA) is 71.8 Å². The smallest absolute Gasteiger partial charge is 0.142 e. The number of H-pyrrole nitrogens is 1. The average Bonchev–Trinajstić information content (AvgIpc) is 3.23. The second kappa shape index (κ2) is 5.75. The van der Waals surface area contributed by atoms with Gasteiger partial charge in [-0.25, -0.2) is 9.97 Å². The summed E-state index contributed by atoms with van der Waals surface area (Å²) in [6.45, 7) is 5.58. The monoisotopic (exact) mass is 324 g/mol. The standard InChI is InChI=1S/C18H24N6/c1-18-9-14(8-13(18)10-24(11-18)7-3-5-19)23(2)17-15-4-6-20-16(15)21-12-22-17/h4,6,12-14H,3,7-11H2,1-2H3,(H,20,21,22)/t13-,14+,18+/m0/s1. The van der Waals surface area contributed by atoms with E-state index < -0.39 is 0 Å². The van der Waals surface area contributed by atoms with Gasteiger partial charge in [-0.05, 0) is 30.2 Å². The van der Waals surface area contributed by atoms with E-state index in [1.807, 2.05) is 6.20 Å². The fourth-order valence-electron chi connectivity index (χ4n) is 4.76. The maximum Gasteiger partial charge on any atom is 0.142 e. The first kappa shape index (κ1) is 15.4. The van der Waals surface area contributed by atoms with E-state index in [1.165, 1.54) is 12.8 Å². The zero-order chi connectivity index (χ0) is 16.7. The number of nitrogens with zero attached hydrogens (tertiary/aromatic N) is 5. The Hall–Kier alpha value is -2.13. The lowest BCUT2D eigenvalue weighted by atomic mass is 9.83. The molecule has 0 aromatic carbocycles. The van der Waals surface area contributed by atoms with E-state index in [2.05, 4.69) is 50.9 Å². The Morgan fingerprint density at radius 3 is 3.17 bits per heavy atom. The normalized spacial score (nSPS) is 29.7. The molecule has 1 N–H and O–H groups in total. The van der Waals surface area contributed by atoms with Crippen molar-refractivity contribution in [3.63, 3.8) is 0 Å². The van der Waals surface area contributed by atoms with Gasteiger partial charge >= 0.3 is 0 Å². The minimum atomic E-state index is 0.360. The van der Waals surface area contributed by atoms with Crippen LogP contribution in [0.25, 0.3) is 11.0 Å². The summed E-state index contributed by atoms with van der Waals surface area (Å²) in [5.41, 5.74) is 1.26. The molecule has 126 valence electrons. The van der Waals surface area contributed by atoms with Gasteiger partial charge in [0, 0.05) is 45.3 Å². The molecule has 6 nitrogen and oxygen atoms in total. The van der Waals surface area contributed by atoms with Gasteiger partial charge in [0.2, 0.25) is 0 Å². The molecule has 2 aromatic heterocycles. The van der Waals surface area contributed by atoms with Crippen LogP contribution in [0.3, 0.4) is 0 Å². The molecule has 0 bridgehead atoms. The van der Waals surface area contributed by atoms with Crippen molar-refractivity contribution in [3.8, 4) is 6.07 Å². The first-order valence-electron chi connectivity index (χ1n) is 8.71. The van der Waals surface area contributed by atoms with Gasteiger partial charge in [-0.1, -0.05) is 6.92 Å². The molecule has 1 saturated heterocycles. The fraction of sp³-hybridized carbons (Fsp3) is 0.611. The van der Waals surface area contributed by atoms with Crippen molar-refractivity contribution in [3.05, 3.63) is 18.6 Å². The third-order valence-corrected chi connectivity index (χ3v) is 6.06. The van der Waals surface area contributed by atoms with Crippen molar-refractivity contribution in [1.29, 1.82) is 5.26 Å². The number of nitrogens with one attached hydrogen (secondary N) is 1. The molecule has 1 aliphatic carbocycles. The first-order valence-corrected chi connectivity index (χ1v) is 8.71. The zero-order valence-corrected chi connectivity index (χ0v) is 14.4. The minimum absolute atomic E-state index is 0.360. The number of aromatic amines is 1. The van der Waals surface area contributed by atoms with Crippen LogP contribution in [-0.4, -0.2) is 52.6 Å². The number of aromatic nitrogens is 3. The van der Waals surface area contributed by atoms with E-state index >= 15 is 0 Å². The summed E-state index contributed by atoms with van der Waals surface area (Å²) < 4.78 is 0. The molecule has 24 heavy (non-hydrogen) atoms. The Morgan fingerprint density at radius 1 is 1.50 bits per heavy atom. The van der Waals surface area contributed by atoms with E-state index in [9.17, 15) is 0 Å². The summed E-state index contributed by atoms with van der Waals surface area (Å²) in [5, 5.41) is 9.90. The summed E-state index contributed by atoms with van der Waals surface area (Å²) in [7, 11) is 2.16. The minimum Gasteiger partial charge on any atom is -0.356 e. The number of hydrogen-bond acceptors (Lipinski definition) is 5. The van der Waals surface area contributed by atoms with E-state index in [0.717, 1.165) is 36.5 Å². The maximum absolute atomic E-state index is 8.81. The van der Waals surface area contributed by atoms with Crippen molar-refractivity contribution in [1.82, 2.24) is 19.9 Å². The number of likely N-dealkylation sites (tertiary alicyclic amines) is 1. The van der Waals surface area contributed by atoms with Crippen LogP contribution in [0.5, 0.6) is 0 Å². The largest absolute Gasteiger partial charge is 0.356 e. The van der Waals surface area contributed by atoms with E-state index in [1.54, 1.807) is 6.33 Å². The molecule has 0 unspecified atom stereocenters. The van der Waals surface area contributed by atoms with Crippen LogP contribution in [0.4, 0.5) is 5.82 Å². The lowest BCUT2D eigenvalue weighted by Crippen LogP contribution is -2.34. The van der Waals surface area contributed by atoms with Crippen LogP contribution >= 0.6 is 0 Å². The van der Waals surface area contributed by atoms with Gasteiger partial charge < -0.3 is 14.8 Å². The average molecular weight is 324 g/mol. The molecule has 0 radical (unpaired) electrons. The maximum atomic E-state index is 8.81. The van der Waals surface area contributed by atoms with Crippen molar-refractivity contribution < 1.29 is 0 Å². The lowest BCUT2D eigenvalue weighted by Gasteiger charge is -2.29. The number of fused-ring (bicyclic) bond motifs is 2. The van der Waals surface area contributed by atoms with Crippen LogP contribution in [0, 0.1) is 22.7 Å². The summed E-state index contributed by atoms with van der Waals surface area (Å²) in [4.78, 5) is 16.8. The van der Waals surface area contributed by atoms with Gasteiger partial charge in [0.25, 0.3) is 0 Å². The fourth-order valence-corrected chi connectivity index (χ4v) is 4.76. The Balaban J connectivity index is 1.50. The van der Waals surface area contributed by atoms with Crippen LogP contribution in [0.1, 0.15) is 26.2 Å². The molecule has 0 amide bonds. The quantitative estimate of drug-likeness (QED) is 0.935. The Morgan fingerprint density at radius 2 is 2.38 bits per heavy atom. The highest BCUT2D eigenvalue weighted by atomic mass is 15.2. The third-order valence-electron chi connectivity index (χ3n) is 6.06. The van der Waals surface area contributed by atoms with E-state index in [4.69, 9.17) is 5.26 Å². The van der Waals surface area contributed by atoms with E-state index in [0.29, 0.717) is 23.8 Å². The molecule has 6 heteroatoms. The number of nitriles is 1. The SMILES string of the molecule is CN(c1ncnc2[nH]ccc12)[C@@H]1C[C@H]2CN(CCC#N)C[C@@]2(C)C1. The second-order valence-corrected chi connectivity index (χ2v) is 7.64. The molecule has 4 rings (SSSR count). The molecular weight excluding hydrogens is 300 g/mol. The van der Waals surface area contributed by atoms with Gasteiger partial charge in [-0.15, -0.1) is 0 Å². The summed E-state index contributed by atoms with van der Waals surface area (Å²) >= 11 is 0. The van der Waals surface area contributed by atoms with Crippen LogP contribution in [0.15, 0.2) is 18.6 Å². The van der Waals surface area contributed by atoms with Crippen molar-refractivity contribution in [2.24, 2.45) is 11.3 Å². The van der Waals surface area contributed by atoms with Gasteiger partial charge in [0.15, 0.2) is 0 Å². The third kappa shape index (κ3) is 2.44. The highest BCUT2D eigenvalue weighted by Crippen LogP contribution is 2.50. The van der Waals surface area contributed by atoms with Gasteiger partial charge in [0.05, 0.1) is 11.5 Å². The summed E-state index contributed by atoms with van der Waals surface area (Å²) in [5.74, 6) is 1.74. The Bertz CT molecular complexity index is 777. The van der Waals surface area contributed by atoms with Gasteiger partial charge in [-0.3, -0.25) is 0 Å². The predicted molar refractivity (Wildman–Crippen MR) is 93.6 cm³/mol. The van der Waals surface area contributed by atoms with Crippen molar-refractivity contribution in [2.75, 3.05) is 31.6 Å². The molecule has 1 saturated carbocycles. The van der Waals surface area contributed by atoms with Crippen molar-refractivity contribution in [2.45, 2.75) is 32.2 Å². The number of anilines is 1. The number of rotatable bonds is 4. The lowest BCUT2D eigenvalue weighted by molar-refractivity contribution is 0.264. The Labute approximate surface area is 142 Å². The molecule has 2 aromatic rings. The second-order valence-electron chi connectivity index (χ2n) is 7.64. The molecule has 0 spiro atoms. The van der Waals surface area contributed by atoms with Gasteiger partial charge in [0.1, 0.15) is 17.8 Å². The van der Waals surface area contributed by atoms with Crippen LogP contribution in [-0.2, 0) is 0 Å². The summed E-state index contributed by atoms with van der Waals surface area (Å²) in [6.07, 6.45) is 6.60. The van der Waals surface area contributed by atoms with Gasteiger partial charge in [-0.2, -0.15) is 5.26 Å². The highest BCUT2D eigenvalue weighted by molar-refractivity contribution is 5.87. The summed E-state index contributed by atoms with van der Waals surface area (Å²) in [6, 6.07) is 4.85. The zero-order valence-electron chi connectivity index (χ0n) is 14.4. The number of hydrogen-bond donors (Lipinski definition) is 1. The van der Waals surface area contributed by atoms with E-state index in [-0.39, 0.29) is 0 Å². The molecule has 3 heterocycles. The molecule has 2 aliphatic rings. The Kier molecular flexibility index (Phi) is 3.69. The van der Waals surface area contributed by atoms with Crippen LogP contribution in [0.2, 0.25) is 0 Å².